The normalized spacial score (nSPS) is 7.82. The van der Waals surface area contributed by atoms with Gasteiger partial charge in [-0.1, -0.05) is 48.1 Å². The number of aryl methyl sites for hydroxylation is 1. The van der Waals surface area contributed by atoms with Gasteiger partial charge >= 0.3 is 0 Å². The molecule has 1 nitrogen and oxygen atoms in total. The first-order chi connectivity index (χ1) is 5.13. The zero-order valence-corrected chi connectivity index (χ0v) is 8.03. The van der Waals surface area contributed by atoms with E-state index in [2.05, 4.69) is 43.9 Å². The molecular weight excluding hydrogens is 174 g/mol. The number of rotatable bonds is 0. The van der Waals surface area contributed by atoms with Gasteiger partial charge in [0, 0.05) is 0 Å². The highest BCUT2D eigenvalue weighted by molar-refractivity contribution is 8.10. The highest BCUT2D eigenvalue weighted by Crippen LogP contribution is 1.92. The van der Waals surface area contributed by atoms with Crippen LogP contribution in [-0.2, 0) is 0 Å². The van der Waals surface area contributed by atoms with Crippen molar-refractivity contribution < 1.29 is 0 Å². The molecule has 1 aromatic rings. The Kier molecular flexibility index (Phi) is 5.88. The number of hydrogen-bond acceptors (Lipinski definition) is 1. The fourth-order valence-corrected chi connectivity index (χ4v) is 0.534. The highest BCUT2D eigenvalue weighted by atomic mass is 32.1. The van der Waals surface area contributed by atoms with Gasteiger partial charge in [-0.15, -0.1) is 12.6 Å². The number of nitrogens with two attached hydrogens (primary N) is 1. The molecular formula is C8H11NS2. The standard InChI is InChI=1S/C7H8.CH3NS2/c1-7-5-3-2-4-6-7;2-1(3)4/h2-6H,1H3;(H3,2,3,4). The smallest absolute Gasteiger partial charge is 0.128 e. The van der Waals surface area contributed by atoms with E-state index in [9.17, 15) is 0 Å². The van der Waals surface area contributed by atoms with Crippen LogP contribution in [0.5, 0.6) is 0 Å². The summed E-state index contributed by atoms with van der Waals surface area (Å²) in [5, 5.41) is 0. The van der Waals surface area contributed by atoms with Crippen LogP contribution < -0.4 is 5.73 Å². The summed E-state index contributed by atoms with van der Waals surface area (Å²) in [4.78, 5) is 0. The van der Waals surface area contributed by atoms with Crippen LogP contribution in [0, 0.1) is 6.92 Å². The molecule has 0 aromatic heterocycles. The van der Waals surface area contributed by atoms with Gasteiger partial charge in [-0.05, 0) is 6.92 Å². The molecule has 0 bridgehead atoms. The lowest BCUT2D eigenvalue weighted by Gasteiger charge is -1.82. The van der Waals surface area contributed by atoms with Gasteiger partial charge in [0.1, 0.15) is 4.32 Å². The van der Waals surface area contributed by atoms with Gasteiger partial charge < -0.3 is 5.73 Å². The molecule has 0 atom stereocenters. The Labute approximate surface area is 78.0 Å². The van der Waals surface area contributed by atoms with E-state index in [-0.39, 0.29) is 4.32 Å². The van der Waals surface area contributed by atoms with Crippen LogP contribution in [0.15, 0.2) is 30.3 Å². The van der Waals surface area contributed by atoms with Crippen LogP contribution in [0.1, 0.15) is 5.56 Å². The van der Waals surface area contributed by atoms with Crippen molar-refractivity contribution in [3.8, 4) is 0 Å². The zero-order valence-electron chi connectivity index (χ0n) is 6.32. The van der Waals surface area contributed by atoms with Gasteiger partial charge in [-0.25, -0.2) is 0 Å². The molecule has 0 fully saturated rings. The predicted octanol–water partition coefficient (Wildman–Crippen LogP) is 2.15. The molecule has 0 aliphatic rings. The topological polar surface area (TPSA) is 26.0 Å². The molecule has 3 heteroatoms. The number of benzene rings is 1. The first kappa shape index (κ1) is 10.5. The minimum Gasteiger partial charge on any atom is -0.385 e. The molecule has 0 spiro atoms. The quantitative estimate of drug-likeness (QED) is 0.478. The summed E-state index contributed by atoms with van der Waals surface area (Å²) in [6, 6.07) is 10.3. The SMILES string of the molecule is Cc1ccccc1.NC(=S)S. The van der Waals surface area contributed by atoms with Crippen LogP contribution in [0.3, 0.4) is 0 Å². The maximum atomic E-state index is 4.71. The minimum atomic E-state index is 0.194. The van der Waals surface area contributed by atoms with Crippen LogP contribution in [-0.4, -0.2) is 4.32 Å². The lowest BCUT2D eigenvalue weighted by Crippen LogP contribution is -1.94. The predicted molar refractivity (Wildman–Crippen MR) is 57.0 cm³/mol. The third-order valence-corrected chi connectivity index (χ3v) is 0.940. The summed E-state index contributed by atoms with van der Waals surface area (Å²) in [5.74, 6) is 0. The van der Waals surface area contributed by atoms with Gasteiger partial charge in [0.25, 0.3) is 0 Å². The molecule has 2 N–H and O–H groups in total. The third kappa shape index (κ3) is 9.46. The molecule has 11 heavy (non-hydrogen) atoms. The maximum Gasteiger partial charge on any atom is 0.128 e. The van der Waals surface area contributed by atoms with Gasteiger partial charge in [-0.3, -0.25) is 0 Å². The summed E-state index contributed by atoms with van der Waals surface area (Å²) >= 11 is 7.65. The molecule has 60 valence electrons. The Morgan fingerprint density at radius 3 is 1.91 bits per heavy atom. The highest BCUT2D eigenvalue weighted by Gasteiger charge is 1.72. The molecule has 0 radical (unpaired) electrons. The van der Waals surface area contributed by atoms with E-state index >= 15 is 0 Å². The zero-order chi connectivity index (χ0) is 8.69. The summed E-state index contributed by atoms with van der Waals surface area (Å²) in [5.41, 5.74) is 6.03. The Morgan fingerprint density at radius 1 is 1.36 bits per heavy atom. The second-order valence-corrected chi connectivity index (χ2v) is 3.22. The maximum absolute atomic E-state index is 4.71. The molecule has 0 aliphatic heterocycles. The number of thiol groups is 1. The van der Waals surface area contributed by atoms with Gasteiger partial charge in [0.2, 0.25) is 0 Å². The van der Waals surface area contributed by atoms with Crippen molar-refractivity contribution >= 4 is 29.2 Å². The van der Waals surface area contributed by atoms with E-state index in [1.165, 1.54) is 5.56 Å². The van der Waals surface area contributed by atoms with Crippen molar-refractivity contribution in [1.82, 2.24) is 0 Å². The Morgan fingerprint density at radius 2 is 1.73 bits per heavy atom. The van der Waals surface area contributed by atoms with E-state index in [1.807, 2.05) is 18.2 Å². The Balaban J connectivity index is 0.000000218. The van der Waals surface area contributed by atoms with E-state index < -0.39 is 0 Å². The van der Waals surface area contributed by atoms with Crippen molar-refractivity contribution in [2.75, 3.05) is 0 Å². The molecule has 0 saturated heterocycles. The van der Waals surface area contributed by atoms with E-state index in [0.717, 1.165) is 0 Å². The molecule has 0 saturated carbocycles. The molecule has 0 unspecified atom stereocenters. The third-order valence-electron chi connectivity index (χ3n) is 0.940. The lowest BCUT2D eigenvalue weighted by atomic mass is 10.2. The lowest BCUT2D eigenvalue weighted by molar-refractivity contribution is 1.48. The first-order valence-corrected chi connectivity index (χ1v) is 3.98. The average Bonchev–Trinajstić information content (AvgIpc) is 1.87. The van der Waals surface area contributed by atoms with Gasteiger partial charge in [0.15, 0.2) is 0 Å². The first-order valence-electron chi connectivity index (χ1n) is 3.13. The molecule has 0 aliphatic carbocycles. The van der Waals surface area contributed by atoms with Crippen molar-refractivity contribution in [3.05, 3.63) is 35.9 Å². The molecule has 0 heterocycles. The Bertz CT molecular complexity index is 205. The molecule has 1 aromatic carbocycles. The van der Waals surface area contributed by atoms with Crippen molar-refractivity contribution in [1.29, 1.82) is 0 Å². The van der Waals surface area contributed by atoms with Crippen molar-refractivity contribution in [2.24, 2.45) is 5.73 Å². The van der Waals surface area contributed by atoms with Crippen LogP contribution in [0.25, 0.3) is 0 Å². The van der Waals surface area contributed by atoms with E-state index in [4.69, 9.17) is 5.73 Å². The largest absolute Gasteiger partial charge is 0.385 e. The molecule has 0 amide bonds. The van der Waals surface area contributed by atoms with Crippen LogP contribution in [0.4, 0.5) is 0 Å². The minimum absolute atomic E-state index is 0.194. The van der Waals surface area contributed by atoms with E-state index in [0.29, 0.717) is 0 Å². The number of hydrogen-bond donors (Lipinski definition) is 2. The van der Waals surface area contributed by atoms with Gasteiger partial charge in [-0.2, -0.15) is 0 Å². The van der Waals surface area contributed by atoms with Crippen molar-refractivity contribution in [3.63, 3.8) is 0 Å². The summed E-state index contributed by atoms with van der Waals surface area (Å²) < 4.78 is 0.194. The average molecular weight is 185 g/mol. The Hall–Kier alpha value is -0.540. The fraction of sp³-hybridized carbons (Fsp3) is 0.125. The summed E-state index contributed by atoms with van der Waals surface area (Å²) in [6.45, 7) is 2.08. The summed E-state index contributed by atoms with van der Waals surface area (Å²) in [7, 11) is 0. The summed E-state index contributed by atoms with van der Waals surface area (Å²) in [6.07, 6.45) is 0. The second kappa shape index (κ2) is 6.19. The van der Waals surface area contributed by atoms with Crippen molar-refractivity contribution in [2.45, 2.75) is 6.92 Å². The molecule has 1 rings (SSSR count). The van der Waals surface area contributed by atoms with Crippen LogP contribution in [0.2, 0.25) is 0 Å². The van der Waals surface area contributed by atoms with Crippen LogP contribution >= 0.6 is 24.8 Å². The second-order valence-electron chi connectivity index (χ2n) is 1.99. The monoisotopic (exact) mass is 185 g/mol. The van der Waals surface area contributed by atoms with E-state index in [1.54, 1.807) is 0 Å². The number of thiocarbonyl (C=S) groups is 1. The van der Waals surface area contributed by atoms with Gasteiger partial charge in [0.05, 0.1) is 0 Å². The fourth-order valence-electron chi connectivity index (χ4n) is 0.534.